The monoisotopic (exact) mass is 337 g/mol. The lowest BCUT2D eigenvalue weighted by atomic mass is 9.99. The first kappa shape index (κ1) is 17.1. The third-order valence-corrected chi connectivity index (χ3v) is 4.35. The third kappa shape index (κ3) is 4.21. The van der Waals surface area contributed by atoms with Gasteiger partial charge < -0.3 is 15.2 Å². The van der Waals surface area contributed by atoms with Gasteiger partial charge in [-0.25, -0.2) is 0 Å². The Bertz CT molecular complexity index is 785. The molecule has 2 aromatic rings. The zero-order valence-corrected chi connectivity index (χ0v) is 14.6. The second-order valence-corrected chi connectivity index (χ2v) is 6.31. The Morgan fingerprint density at radius 1 is 1.12 bits per heavy atom. The van der Waals surface area contributed by atoms with Crippen molar-refractivity contribution in [1.82, 2.24) is 0 Å². The normalized spacial score (nSPS) is 13.8. The van der Waals surface area contributed by atoms with Crippen molar-refractivity contribution in [3.8, 4) is 11.5 Å². The van der Waals surface area contributed by atoms with E-state index in [2.05, 4.69) is 0 Å². The summed E-state index contributed by atoms with van der Waals surface area (Å²) in [5.41, 5.74) is 9.21. The first-order valence-corrected chi connectivity index (χ1v) is 8.43. The van der Waals surface area contributed by atoms with Gasteiger partial charge in [0, 0.05) is 23.2 Å². The molecule has 130 valence electrons. The number of allylic oxidation sites excluding steroid dienone is 1. The molecule has 0 aromatic heterocycles. The summed E-state index contributed by atoms with van der Waals surface area (Å²) >= 11 is 0. The van der Waals surface area contributed by atoms with Crippen LogP contribution in [0.1, 0.15) is 34.3 Å². The number of Topliss-reactive ketones (excluding diaryl/α,β-unsaturated/α-hetero) is 1. The van der Waals surface area contributed by atoms with Crippen LogP contribution in [0.5, 0.6) is 11.5 Å². The minimum atomic E-state index is 0.177. The molecule has 3 rings (SSSR count). The highest BCUT2D eigenvalue weighted by molar-refractivity contribution is 6.02. The van der Waals surface area contributed by atoms with E-state index in [4.69, 9.17) is 15.2 Å². The number of methoxy groups -OCH3 is 2. The summed E-state index contributed by atoms with van der Waals surface area (Å²) in [7, 11) is 3.27. The molecule has 0 spiro atoms. The van der Waals surface area contributed by atoms with Crippen LogP contribution in [0.4, 0.5) is 5.69 Å². The van der Waals surface area contributed by atoms with Gasteiger partial charge in [0.15, 0.2) is 5.78 Å². The number of nitrogens with two attached hydrogens (primary N) is 1. The molecule has 0 aliphatic heterocycles. The van der Waals surface area contributed by atoms with Crippen LogP contribution in [-0.2, 0) is 6.42 Å². The summed E-state index contributed by atoms with van der Waals surface area (Å²) < 4.78 is 10.6. The van der Waals surface area contributed by atoms with Gasteiger partial charge in [0.25, 0.3) is 0 Å². The van der Waals surface area contributed by atoms with E-state index in [1.54, 1.807) is 20.3 Å². The number of hydrogen-bond acceptors (Lipinski definition) is 4. The Morgan fingerprint density at radius 3 is 2.40 bits per heavy atom. The predicted molar refractivity (Wildman–Crippen MR) is 100 cm³/mol. The van der Waals surface area contributed by atoms with Crippen molar-refractivity contribution in [2.24, 2.45) is 5.92 Å². The molecule has 0 amide bonds. The maximum absolute atomic E-state index is 12.5. The highest BCUT2D eigenvalue weighted by atomic mass is 16.5. The van der Waals surface area contributed by atoms with Crippen LogP contribution in [0, 0.1) is 5.92 Å². The number of nitrogen functional groups attached to an aromatic ring is 1. The molecular weight excluding hydrogens is 314 g/mol. The zero-order chi connectivity index (χ0) is 17.8. The van der Waals surface area contributed by atoms with Gasteiger partial charge >= 0.3 is 0 Å². The lowest BCUT2D eigenvalue weighted by Gasteiger charge is -2.08. The van der Waals surface area contributed by atoms with Crippen molar-refractivity contribution in [2.45, 2.75) is 19.3 Å². The minimum absolute atomic E-state index is 0.177. The summed E-state index contributed by atoms with van der Waals surface area (Å²) in [6, 6.07) is 11.3. The molecule has 1 aliphatic rings. The van der Waals surface area contributed by atoms with E-state index < -0.39 is 0 Å². The molecular formula is C21H23NO3. The van der Waals surface area contributed by atoms with Gasteiger partial charge in [0.1, 0.15) is 11.5 Å². The summed E-state index contributed by atoms with van der Waals surface area (Å²) in [4.78, 5) is 12.5. The number of benzene rings is 2. The molecule has 1 saturated carbocycles. The second kappa shape index (κ2) is 7.43. The van der Waals surface area contributed by atoms with Gasteiger partial charge in [-0.1, -0.05) is 18.2 Å². The topological polar surface area (TPSA) is 61.5 Å². The lowest BCUT2D eigenvalue weighted by molar-refractivity contribution is 0.0967. The third-order valence-electron chi connectivity index (χ3n) is 4.35. The first-order valence-electron chi connectivity index (χ1n) is 8.43. The Balaban J connectivity index is 1.79. The number of carbonyl (C=O) groups excluding carboxylic acids is 1. The Hall–Kier alpha value is -2.75. The average Bonchev–Trinajstić information content (AvgIpc) is 3.47. The van der Waals surface area contributed by atoms with Crippen molar-refractivity contribution in [3.63, 3.8) is 0 Å². The van der Waals surface area contributed by atoms with Gasteiger partial charge in [-0.15, -0.1) is 0 Å². The molecule has 4 nitrogen and oxygen atoms in total. The quantitative estimate of drug-likeness (QED) is 0.609. The lowest BCUT2D eigenvalue weighted by Crippen LogP contribution is -2.04. The van der Waals surface area contributed by atoms with E-state index >= 15 is 0 Å². The fourth-order valence-corrected chi connectivity index (χ4v) is 2.80. The largest absolute Gasteiger partial charge is 0.497 e. The summed E-state index contributed by atoms with van der Waals surface area (Å²) in [5, 5.41) is 0. The average molecular weight is 337 g/mol. The molecule has 0 bridgehead atoms. The predicted octanol–water partition coefficient (Wildman–Crippen LogP) is 4.13. The van der Waals surface area contributed by atoms with Crippen LogP contribution in [0.3, 0.4) is 0 Å². The SMILES string of the molecule is COc1cc(C/C=C/c2ccc(N)cc2C(=O)C2CC2)cc(OC)c1. The van der Waals surface area contributed by atoms with E-state index in [9.17, 15) is 4.79 Å². The minimum Gasteiger partial charge on any atom is -0.497 e. The molecule has 0 heterocycles. The van der Waals surface area contributed by atoms with E-state index in [0.29, 0.717) is 5.69 Å². The van der Waals surface area contributed by atoms with Gasteiger partial charge in [-0.05, 0) is 54.7 Å². The van der Waals surface area contributed by atoms with Gasteiger partial charge in [-0.3, -0.25) is 4.79 Å². The number of ether oxygens (including phenoxy) is 2. The van der Waals surface area contributed by atoms with E-state index in [0.717, 1.165) is 47.5 Å². The molecule has 25 heavy (non-hydrogen) atoms. The summed E-state index contributed by atoms with van der Waals surface area (Å²) in [5.74, 6) is 1.91. The fourth-order valence-electron chi connectivity index (χ4n) is 2.80. The summed E-state index contributed by atoms with van der Waals surface area (Å²) in [6.45, 7) is 0. The van der Waals surface area contributed by atoms with Crippen LogP contribution in [0.25, 0.3) is 6.08 Å². The maximum atomic E-state index is 12.5. The van der Waals surface area contributed by atoms with Crippen molar-refractivity contribution in [2.75, 3.05) is 20.0 Å². The van der Waals surface area contributed by atoms with Gasteiger partial charge in [-0.2, -0.15) is 0 Å². The molecule has 0 unspecified atom stereocenters. The Morgan fingerprint density at radius 2 is 1.80 bits per heavy atom. The van der Waals surface area contributed by atoms with E-state index in [1.165, 1.54) is 0 Å². The highest BCUT2D eigenvalue weighted by Crippen LogP contribution is 2.34. The Kier molecular flexibility index (Phi) is 5.08. The molecule has 0 saturated heterocycles. The van der Waals surface area contributed by atoms with Crippen molar-refractivity contribution in [1.29, 1.82) is 0 Å². The number of hydrogen-bond donors (Lipinski definition) is 1. The van der Waals surface area contributed by atoms with Gasteiger partial charge in [0.2, 0.25) is 0 Å². The number of ketones is 1. The molecule has 2 N–H and O–H groups in total. The molecule has 1 fully saturated rings. The van der Waals surface area contributed by atoms with Crippen LogP contribution >= 0.6 is 0 Å². The van der Waals surface area contributed by atoms with Gasteiger partial charge in [0.05, 0.1) is 14.2 Å². The smallest absolute Gasteiger partial charge is 0.166 e. The molecule has 0 radical (unpaired) electrons. The van der Waals surface area contributed by atoms with Crippen LogP contribution < -0.4 is 15.2 Å². The molecule has 2 aromatic carbocycles. The molecule has 4 heteroatoms. The van der Waals surface area contributed by atoms with Crippen molar-refractivity contribution < 1.29 is 14.3 Å². The van der Waals surface area contributed by atoms with E-state index in [-0.39, 0.29) is 11.7 Å². The molecule has 1 aliphatic carbocycles. The second-order valence-electron chi connectivity index (χ2n) is 6.31. The molecule has 0 atom stereocenters. The number of carbonyl (C=O) groups is 1. The number of anilines is 1. The Labute approximate surface area is 148 Å². The fraction of sp³-hybridized carbons (Fsp3) is 0.286. The maximum Gasteiger partial charge on any atom is 0.166 e. The number of rotatable bonds is 7. The van der Waals surface area contributed by atoms with E-state index in [1.807, 2.05) is 42.5 Å². The first-order chi connectivity index (χ1) is 12.1. The standard InChI is InChI=1S/C21H23NO3/c1-24-18-10-14(11-19(13-18)25-2)4-3-5-15-8-9-17(22)12-20(15)21(23)16-6-7-16/h3,5,8-13,16H,4,6-7,22H2,1-2H3/b5-3+. The van der Waals surface area contributed by atoms with Crippen LogP contribution in [-0.4, -0.2) is 20.0 Å². The van der Waals surface area contributed by atoms with Crippen molar-refractivity contribution >= 4 is 17.5 Å². The van der Waals surface area contributed by atoms with Crippen LogP contribution in [0.2, 0.25) is 0 Å². The summed E-state index contributed by atoms with van der Waals surface area (Å²) in [6.07, 6.45) is 6.72. The zero-order valence-electron chi connectivity index (χ0n) is 14.6. The van der Waals surface area contributed by atoms with Crippen LogP contribution in [0.15, 0.2) is 42.5 Å². The highest BCUT2D eigenvalue weighted by Gasteiger charge is 2.31. The van der Waals surface area contributed by atoms with Crippen molar-refractivity contribution in [3.05, 3.63) is 59.2 Å².